The number of hydrogen-bond donors (Lipinski definition) is 4. The maximum atomic E-state index is 13.5. The van der Waals surface area contributed by atoms with Crippen molar-refractivity contribution in [3.63, 3.8) is 0 Å². The van der Waals surface area contributed by atoms with Crippen LogP contribution in [0.5, 0.6) is 0 Å². The number of aromatic nitrogens is 3. The predicted octanol–water partition coefficient (Wildman–Crippen LogP) is 5.06. The lowest BCUT2D eigenvalue weighted by molar-refractivity contribution is 0.104. The van der Waals surface area contributed by atoms with Gasteiger partial charge in [-0.1, -0.05) is 12.1 Å². The number of aliphatic hydroxyl groups excluding tert-OH is 1. The van der Waals surface area contributed by atoms with Crippen molar-refractivity contribution in [3.05, 3.63) is 102 Å². The number of aliphatic hydroxyl groups is 1. The molecule has 10 heteroatoms. The first-order valence-electron chi connectivity index (χ1n) is 13.4. The molecule has 0 unspecified atom stereocenters. The summed E-state index contributed by atoms with van der Waals surface area (Å²) < 4.78 is 13.5. The van der Waals surface area contributed by atoms with Crippen LogP contribution in [0.1, 0.15) is 21.5 Å². The summed E-state index contributed by atoms with van der Waals surface area (Å²) in [5.41, 5.74) is 4.58. The summed E-state index contributed by atoms with van der Waals surface area (Å²) >= 11 is 0. The number of benzene rings is 3. The lowest BCUT2D eigenvalue weighted by Crippen LogP contribution is -2.44. The second-order valence-corrected chi connectivity index (χ2v) is 10.1. The van der Waals surface area contributed by atoms with Gasteiger partial charge in [0.1, 0.15) is 17.3 Å². The molecule has 2 aromatic heterocycles. The number of nitrogens with zero attached hydrogens (tertiary/aromatic N) is 4. The molecule has 6 rings (SSSR count). The first-order chi connectivity index (χ1) is 20.0. The maximum Gasteiger partial charge on any atom is 0.231 e. The standard InChI is InChI=1S/C31H30FN7O2/c1-38-13-15-39(16-14-38)25-11-9-23(10-12-25)35-31-36-29-27(30(37-31)34-24-4-2-3-20(17-24)19-40)26(18-33-29)28(41)21-5-7-22(32)8-6-21/h2-12,17-18,40H,13-16,19H2,1H3,(H3,33,34,35,36,37). The predicted molar refractivity (Wildman–Crippen MR) is 159 cm³/mol. The van der Waals surface area contributed by atoms with E-state index < -0.39 is 5.82 Å². The first-order valence-corrected chi connectivity index (χ1v) is 13.4. The van der Waals surface area contributed by atoms with Gasteiger partial charge in [-0.2, -0.15) is 9.97 Å². The maximum absolute atomic E-state index is 13.5. The number of piperazine rings is 1. The van der Waals surface area contributed by atoms with E-state index in [9.17, 15) is 14.3 Å². The average Bonchev–Trinajstić information content (AvgIpc) is 3.42. The number of aromatic amines is 1. The van der Waals surface area contributed by atoms with Crippen molar-refractivity contribution in [2.24, 2.45) is 0 Å². The summed E-state index contributed by atoms with van der Waals surface area (Å²) in [6, 6.07) is 20.9. The van der Waals surface area contributed by atoms with E-state index in [4.69, 9.17) is 4.98 Å². The van der Waals surface area contributed by atoms with Crippen molar-refractivity contribution in [1.29, 1.82) is 0 Å². The Morgan fingerprint density at radius 3 is 2.44 bits per heavy atom. The van der Waals surface area contributed by atoms with Crippen LogP contribution in [-0.4, -0.2) is 64.0 Å². The second-order valence-electron chi connectivity index (χ2n) is 10.1. The molecule has 9 nitrogen and oxygen atoms in total. The quantitative estimate of drug-likeness (QED) is 0.198. The van der Waals surface area contributed by atoms with Crippen LogP contribution in [0.15, 0.2) is 79.0 Å². The van der Waals surface area contributed by atoms with E-state index in [1.165, 1.54) is 30.0 Å². The van der Waals surface area contributed by atoms with E-state index in [2.05, 4.69) is 49.6 Å². The second kappa shape index (κ2) is 11.4. The topological polar surface area (TPSA) is 109 Å². The Kier molecular flexibility index (Phi) is 7.32. The highest BCUT2D eigenvalue weighted by Crippen LogP contribution is 2.31. The zero-order valence-electron chi connectivity index (χ0n) is 22.6. The summed E-state index contributed by atoms with van der Waals surface area (Å²) in [6.07, 6.45) is 1.59. The van der Waals surface area contributed by atoms with Gasteiger partial charge in [0.15, 0.2) is 5.78 Å². The van der Waals surface area contributed by atoms with E-state index in [1.54, 1.807) is 6.20 Å². The Bertz CT molecular complexity index is 1680. The number of H-pyrrole nitrogens is 1. The summed E-state index contributed by atoms with van der Waals surface area (Å²) in [5, 5.41) is 16.7. The molecule has 0 saturated carbocycles. The van der Waals surface area contributed by atoms with Gasteiger partial charge in [0.25, 0.3) is 0 Å². The minimum absolute atomic E-state index is 0.107. The Morgan fingerprint density at radius 1 is 0.951 bits per heavy atom. The van der Waals surface area contributed by atoms with E-state index >= 15 is 0 Å². The molecule has 1 aliphatic heterocycles. The highest BCUT2D eigenvalue weighted by Gasteiger charge is 2.21. The third-order valence-electron chi connectivity index (χ3n) is 7.25. The van der Waals surface area contributed by atoms with Crippen LogP contribution in [0.2, 0.25) is 0 Å². The van der Waals surface area contributed by atoms with Gasteiger partial charge in [0, 0.05) is 55.0 Å². The van der Waals surface area contributed by atoms with Gasteiger partial charge >= 0.3 is 0 Å². The normalized spacial score (nSPS) is 13.9. The van der Waals surface area contributed by atoms with Crippen LogP contribution in [0.4, 0.5) is 33.2 Å². The molecule has 0 bridgehead atoms. The van der Waals surface area contributed by atoms with Crippen LogP contribution in [0.3, 0.4) is 0 Å². The largest absolute Gasteiger partial charge is 0.392 e. The zero-order valence-corrected chi connectivity index (χ0v) is 22.6. The van der Waals surface area contributed by atoms with Crippen molar-refractivity contribution >= 4 is 45.6 Å². The van der Waals surface area contributed by atoms with Crippen molar-refractivity contribution in [2.45, 2.75) is 6.61 Å². The Balaban J connectivity index is 1.34. The fourth-order valence-electron chi connectivity index (χ4n) is 4.95. The molecule has 3 aromatic carbocycles. The minimum atomic E-state index is -0.415. The lowest BCUT2D eigenvalue weighted by Gasteiger charge is -2.34. The smallest absolute Gasteiger partial charge is 0.231 e. The van der Waals surface area contributed by atoms with Crippen molar-refractivity contribution in [1.82, 2.24) is 19.9 Å². The van der Waals surface area contributed by atoms with Gasteiger partial charge in [0.05, 0.1) is 17.6 Å². The highest BCUT2D eigenvalue weighted by molar-refractivity contribution is 6.18. The molecule has 0 radical (unpaired) electrons. The van der Waals surface area contributed by atoms with E-state index in [0.29, 0.717) is 39.6 Å². The van der Waals surface area contributed by atoms with Gasteiger partial charge < -0.3 is 30.5 Å². The molecule has 1 aliphatic rings. The van der Waals surface area contributed by atoms with Gasteiger partial charge in [-0.05, 0) is 73.3 Å². The molecule has 0 spiro atoms. The number of halogens is 1. The first kappa shape index (κ1) is 26.4. The lowest BCUT2D eigenvalue weighted by atomic mass is 10.0. The monoisotopic (exact) mass is 551 g/mol. The van der Waals surface area contributed by atoms with Crippen molar-refractivity contribution < 1.29 is 14.3 Å². The van der Waals surface area contributed by atoms with Crippen LogP contribution in [-0.2, 0) is 6.61 Å². The number of anilines is 5. The average molecular weight is 552 g/mol. The van der Waals surface area contributed by atoms with E-state index in [0.717, 1.165) is 37.4 Å². The molecule has 1 saturated heterocycles. The third-order valence-corrected chi connectivity index (χ3v) is 7.25. The number of rotatable bonds is 8. The number of hydrogen-bond acceptors (Lipinski definition) is 8. The molecule has 1 fully saturated rings. The fourth-order valence-corrected chi connectivity index (χ4v) is 4.95. The molecule has 0 atom stereocenters. The van der Waals surface area contributed by atoms with Crippen LogP contribution < -0.4 is 15.5 Å². The fraction of sp³-hybridized carbons (Fsp3) is 0.194. The van der Waals surface area contributed by atoms with Gasteiger partial charge in [-0.15, -0.1) is 0 Å². The Hall–Kier alpha value is -4.80. The van der Waals surface area contributed by atoms with Gasteiger partial charge in [-0.25, -0.2) is 4.39 Å². The van der Waals surface area contributed by atoms with Crippen molar-refractivity contribution in [3.8, 4) is 0 Å². The number of fused-ring (bicyclic) bond motifs is 1. The molecule has 0 aliphatic carbocycles. The number of carbonyl (C=O) groups excluding carboxylic acids is 1. The summed E-state index contributed by atoms with van der Waals surface area (Å²) in [6.45, 7) is 3.94. The SMILES string of the molecule is CN1CCN(c2ccc(Nc3nc(Nc4cccc(CO)c4)c4c(C(=O)c5ccc(F)cc5)c[nH]c4n3)cc2)CC1. The number of ketones is 1. The van der Waals surface area contributed by atoms with E-state index in [-0.39, 0.29) is 12.4 Å². The molecule has 0 amide bonds. The van der Waals surface area contributed by atoms with Crippen molar-refractivity contribution in [2.75, 3.05) is 48.8 Å². The van der Waals surface area contributed by atoms with Gasteiger partial charge in [0.2, 0.25) is 5.95 Å². The molecule has 3 heterocycles. The van der Waals surface area contributed by atoms with Crippen LogP contribution in [0, 0.1) is 5.82 Å². The number of nitrogens with one attached hydrogen (secondary N) is 3. The molecule has 41 heavy (non-hydrogen) atoms. The Labute approximate surface area is 236 Å². The molecule has 5 aromatic rings. The zero-order chi connectivity index (χ0) is 28.3. The molecular weight excluding hydrogens is 521 g/mol. The summed E-state index contributed by atoms with van der Waals surface area (Å²) in [5.74, 6) is 0.0519. The molecule has 208 valence electrons. The number of likely N-dealkylation sites (N-methyl/N-ethyl adjacent to an activating group) is 1. The molecular formula is C31H30FN7O2. The van der Waals surface area contributed by atoms with Crippen LogP contribution in [0.25, 0.3) is 11.0 Å². The van der Waals surface area contributed by atoms with Gasteiger partial charge in [-0.3, -0.25) is 4.79 Å². The highest BCUT2D eigenvalue weighted by atomic mass is 19.1. The Morgan fingerprint density at radius 2 is 1.71 bits per heavy atom. The molecule has 4 N–H and O–H groups in total. The number of carbonyl (C=O) groups is 1. The van der Waals surface area contributed by atoms with E-state index in [1.807, 2.05) is 36.4 Å². The van der Waals surface area contributed by atoms with Crippen LogP contribution >= 0.6 is 0 Å². The summed E-state index contributed by atoms with van der Waals surface area (Å²) in [4.78, 5) is 30.6. The minimum Gasteiger partial charge on any atom is -0.392 e. The summed E-state index contributed by atoms with van der Waals surface area (Å²) in [7, 11) is 2.14. The third kappa shape index (κ3) is 5.74.